The van der Waals surface area contributed by atoms with Crippen LogP contribution in [0, 0.1) is 13.8 Å². The maximum absolute atomic E-state index is 12.6. The van der Waals surface area contributed by atoms with Crippen molar-refractivity contribution < 1.29 is 13.2 Å². The molecule has 0 fully saturated rings. The third-order valence-corrected chi connectivity index (χ3v) is 5.50. The quantitative estimate of drug-likeness (QED) is 0.892. The third-order valence-electron chi connectivity index (χ3n) is 4.24. The number of hydrogen-bond donors (Lipinski definition) is 1. The van der Waals surface area contributed by atoms with Gasteiger partial charge in [-0.25, -0.2) is 0 Å². The minimum absolute atomic E-state index is 0.0575. The number of aryl methyl sites for hydroxylation is 2. The van der Waals surface area contributed by atoms with Gasteiger partial charge in [-0.1, -0.05) is 19.1 Å². The van der Waals surface area contributed by atoms with Crippen molar-refractivity contribution in [3.05, 3.63) is 53.1 Å². The number of amides is 1. The van der Waals surface area contributed by atoms with Gasteiger partial charge in [-0.2, -0.15) is 8.42 Å². The molecule has 0 radical (unpaired) electrons. The summed E-state index contributed by atoms with van der Waals surface area (Å²) in [4.78, 5) is 14.5. The van der Waals surface area contributed by atoms with Crippen molar-refractivity contribution in [2.24, 2.45) is 4.40 Å². The lowest BCUT2D eigenvalue weighted by Gasteiger charge is -2.25. The number of sulfonamides is 1. The first-order valence-electron chi connectivity index (χ1n) is 8.41. The molecular weight excluding hydrogens is 350 g/mol. The van der Waals surface area contributed by atoms with E-state index in [-0.39, 0.29) is 16.4 Å². The van der Waals surface area contributed by atoms with Crippen molar-refractivity contribution in [1.29, 1.82) is 0 Å². The Hall–Kier alpha value is -2.67. The zero-order chi connectivity index (χ0) is 18.9. The van der Waals surface area contributed by atoms with Gasteiger partial charge in [0.1, 0.15) is 11.2 Å². The summed E-state index contributed by atoms with van der Waals surface area (Å²) in [6.45, 7) is 6.51. The van der Waals surface area contributed by atoms with Crippen LogP contribution >= 0.6 is 0 Å². The standard InChI is InChI=1S/C19H21N3O3S/c1-4-9-22-12-20-26(24,25)18-11-15(7-8-17(18)22)19(23)21-16-10-13(2)5-6-14(16)3/h5-8,10-12H,4,9H2,1-3H3,(H,21,23). The van der Waals surface area contributed by atoms with Gasteiger partial charge in [-0.3, -0.25) is 4.79 Å². The molecule has 0 saturated heterocycles. The van der Waals surface area contributed by atoms with Crippen LogP contribution in [-0.4, -0.2) is 27.2 Å². The predicted molar refractivity (Wildman–Crippen MR) is 104 cm³/mol. The Labute approximate surface area is 153 Å². The summed E-state index contributed by atoms with van der Waals surface area (Å²) in [5.41, 5.74) is 3.50. The lowest BCUT2D eigenvalue weighted by Crippen LogP contribution is -2.28. The molecule has 1 aliphatic heterocycles. The van der Waals surface area contributed by atoms with Crippen LogP contribution in [0.1, 0.15) is 34.8 Å². The van der Waals surface area contributed by atoms with Crippen molar-refractivity contribution in [2.75, 3.05) is 16.8 Å². The van der Waals surface area contributed by atoms with Gasteiger partial charge in [0.05, 0.1) is 5.69 Å². The van der Waals surface area contributed by atoms with E-state index in [1.54, 1.807) is 17.0 Å². The average molecular weight is 371 g/mol. The molecule has 0 spiro atoms. The van der Waals surface area contributed by atoms with Crippen molar-refractivity contribution in [1.82, 2.24) is 0 Å². The largest absolute Gasteiger partial charge is 0.331 e. The fraction of sp³-hybridized carbons (Fsp3) is 0.263. The van der Waals surface area contributed by atoms with Gasteiger partial charge in [0.2, 0.25) is 0 Å². The molecule has 26 heavy (non-hydrogen) atoms. The first-order chi connectivity index (χ1) is 12.3. The van der Waals surface area contributed by atoms with Gasteiger partial charge in [0, 0.05) is 17.8 Å². The fourth-order valence-electron chi connectivity index (χ4n) is 2.82. The molecule has 1 aliphatic rings. The highest BCUT2D eigenvalue weighted by Crippen LogP contribution is 2.31. The van der Waals surface area contributed by atoms with Crippen LogP contribution in [0.3, 0.4) is 0 Å². The van der Waals surface area contributed by atoms with Gasteiger partial charge in [0.15, 0.2) is 0 Å². The molecule has 1 amide bonds. The highest BCUT2D eigenvalue weighted by Gasteiger charge is 2.26. The number of anilines is 2. The van der Waals surface area contributed by atoms with Crippen molar-refractivity contribution in [2.45, 2.75) is 32.1 Å². The first-order valence-corrected chi connectivity index (χ1v) is 9.85. The molecule has 0 saturated carbocycles. The number of nitrogens with one attached hydrogen (secondary N) is 1. The molecule has 2 aromatic rings. The minimum atomic E-state index is -3.79. The van der Waals surface area contributed by atoms with Gasteiger partial charge < -0.3 is 10.2 Å². The summed E-state index contributed by atoms with van der Waals surface area (Å²) in [6.07, 6.45) is 2.18. The maximum atomic E-state index is 12.6. The van der Waals surface area contributed by atoms with E-state index < -0.39 is 10.0 Å². The summed E-state index contributed by atoms with van der Waals surface area (Å²) in [5.74, 6) is -0.353. The topological polar surface area (TPSA) is 78.8 Å². The highest BCUT2D eigenvalue weighted by molar-refractivity contribution is 7.90. The number of hydrogen-bond acceptors (Lipinski definition) is 4. The second kappa shape index (κ2) is 6.92. The molecule has 0 aromatic heterocycles. The third kappa shape index (κ3) is 3.48. The number of carbonyl (C=O) groups excluding carboxylic acids is 1. The van der Waals surface area contributed by atoms with Crippen LogP contribution in [-0.2, 0) is 10.0 Å². The number of fused-ring (bicyclic) bond motifs is 1. The number of carbonyl (C=O) groups is 1. The molecule has 3 rings (SSSR count). The minimum Gasteiger partial charge on any atom is -0.331 e. The smallest absolute Gasteiger partial charge is 0.285 e. The molecule has 0 aliphatic carbocycles. The molecule has 7 heteroatoms. The average Bonchev–Trinajstić information content (AvgIpc) is 2.60. The van der Waals surface area contributed by atoms with E-state index >= 15 is 0 Å². The van der Waals surface area contributed by atoms with Crippen LogP contribution in [0.2, 0.25) is 0 Å². The van der Waals surface area contributed by atoms with E-state index in [1.165, 1.54) is 12.4 Å². The Morgan fingerprint density at radius 1 is 1.15 bits per heavy atom. The Morgan fingerprint density at radius 2 is 1.92 bits per heavy atom. The van der Waals surface area contributed by atoms with E-state index in [9.17, 15) is 13.2 Å². The van der Waals surface area contributed by atoms with Gasteiger partial charge >= 0.3 is 0 Å². The second-order valence-electron chi connectivity index (χ2n) is 6.34. The fourth-order valence-corrected chi connectivity index (χ4v) is 3.90. The van der Waals surface area contributed by atoms with Gasteiger partial charge in [-0.05, 0) is 55.7 Å². The molecular formula is C19H21N3O3S. The van der Waals surface area contributed by atoms with Crippen LogP contribution in [0.5, 0.6) is 0 Å². The first kappa shape index (κ1) is 18.1. The van der Waals surface area contributed by atoms with Crippen LogP contribution in [0.15, 0.2) is 45.7 Å². The molecule has 1 heterocycles. The molecule has 2 aromatic carbocycles. The van der Waals surface area contributed by atoms with Crippen LogP contribution < -0.4 is 10.2 Å². The Bertz CT molecular complexity index is 997. The molecule has 1 N–H and O–H groups in total. The predicted octanol–water partition coefficient (Wildman–Crippen LogP) is 3.50. The monoisotopic (exact) mass is 371 g/mol. The molecule has 0 bridgehead atoms. The maximum Gasteiger partial charge on any atom is 0.285 e. The molecule has 0 unspecified atom stereocenters. The Morgan fingerprint density at radius 3 is 2.65 bits per heavy atom. The Balaban J connectivity index is 1.95. The van der Waals surface area contributed by atoms with Crippen molar-refractivity contribution >= 4 is 33.6 Å². The summed E-state index contributed by atoms with van der Waals surface area (Å²) in [5, 5.41) is 2.85. The number of nitrogens with zero attached hydrogens (tertiary/aromatic N) is 2. The zero-order valence-electron chi connectivity index (χ0n) is 15.0. The molecule has 6 nitrogen and oxygen atoms in total. The van der Waals surface area contributed by atoms with E-state index in [2.05, 4.69) is 9.71 Å². The normalized spacial score (nSPS) is 14.8. The van der Waals surface area contributed by atoms with Crippen molar-refractivity contribution in [3.8, 4) is 0 Å². The van der Waals surface area contributed by atoms with E-state index in [4.69, 9.17) is 0 Å². The SMILES string of the molecule is CCCN1C=NS(=O)(=O)c2cc(C(=O)Nc3cc(C)ccc3C)ccc21. The highest BCUT2D eigenvalue weighted by atomic mass is 32.2. The lowest BCUT2D eigenvalue weighted by atomic mass is 10.1. The van der Waals surface area contributed by atoms with Crippen LogP contribution in [0.25, 0.3) is 0 Å². The summed E-state index contributed by atoms with van der Waals surface area (Å²) in [7, 11) is -3.79. The van der Waals surface area contributed by atoms with E-state index in [0.29, 0.717) is 17.9 Å². The Kier molecular flexibility index (Phi) is 4.82. The summed E-state index contributed by atoms with van der Waals surface area (Å²) in [6, 6.07) is 10.5. The molecule has 0 atom stereocenters. The second-order valence-corrected chi connectivity index (χ2v) is 7.95. The van der Waals surface area contributed by atoms with Crippen LogP contribution in [0.4, 0.5) is 11.4 Å². The van der Waals surface area contributed by atoms with Gasteiger partial charge in [0.25, 0.3) is 15.9 Å². The number of benzene rings is 2. The lowest BCUT2D eigenvalue weighted by molar-refractivity contribution is 0.102. The zero-order valence-corrected chi connectivity index (χ0v) is 15.8. The van der Waals surface area contributed by atoms with Crippen molar-refractivity contribution in [3.63, 3.8) is 0 Å². The van der Waals surface area contributed by atoms with E-state index in [0.717, 1.165) is 17.5 Å². The van der Waals surface area contributed by atoms with E-state index in [1.807, 2.05) is 39.0 Å². The summed E-state index contributed by atoms with van der Waals surface area (Å²) < 4.78 is 28.3. The summed E-state index contributed by atoms with van der Waals surface area (Å²) >= 11 is 0. The van der Waals surface area contributed by atoms with Gasteiger partial charge in [-0.15, -0.1) is 4.40 Å². The number of rotatable bonds is 4. The molecule has 136 valence electrons.